The number of aromatic nitrogens is 2. The highest BCUT2D eigenvalue weighted by molar-refractivity contribution is 6.19. The molecule has 1 aliphatic heterocycles. The Hall–Kier alpha value is -5.01. The van der Waals surface area contributed by atoms with Gasteiger partial charge in [-0.3, -0.25) is 19.3 Å². The molecule has 2 amide bonds. The van der Waals surface area contributed by atoms with E-state index in [0.29, 0.717) is 29.4 Å². The molecule has 10 heteroatoms. The van der Waals surface area contributed by atoms with Gasteiger partial charge in [-0.2, -0.15) is 10.4 Å². The number of carbonyl (C=O) groups is 3. The van der Waals surface area contributed by atoms with Crippen molar-refractivity contribution in [3.8, 4) is 28.8 Å². The van der Waals surface area contributed by atoms with Crippen molar-refractivity contribution < 1.29 is 28.6 Å². The molecule has 0 N–H and O–H groups in total. The van der Waals surface area contributed by atoms with Crippen LogP contribution in [0.4, 0.5) is 0 Å². The fourth-order valence-electron chi connectivity index (χ4n) is 4.78. The maximum Gasteiger partial charge on any atom is 0.302 e. The zero-order chi connectivity index (χ0) is 32.5. The highest BCUT2D eigenvalue weighted by atomic mass is 16.6. The Balaban J connectivity index is 1.70. The van der Waals surface area contributed by atoms with E-state index in [9.17, 15) is 19.6 Å². The molecule has 0 unspecified atom stereocenters. The molecule has 3 aromatic rings. The molecule has 4 rings (SSSR count). The highest BCUT2D eigenvalue weighted by Gasteiger charge is 2.35. The van der Waals surface area contributed by atoms with Crippen LogP contribution in [0, 0.1) is 24.2 Å². The van der Waals surface area contributed by atoms with Gasteiger partial charge in [-0.1, -0.05) is 32.0 Å². The van der Waals surface area contributed by atoms with Gasteiger partial charge in [-0.05, 0) is 73.7 Å². The van der Waals surface area contributed by atoms with Crippen LogP contribution in [-0.4, -0.2) is 65.4 Å². The molecule has 0 saturated heterocycles. The largest absolute Gasteiger partial charge is 0.493 e. The summed E-state index contributed by atoms with van der Waals surface area (Å²) < 4.78 is 18.0. The van der Waals surface area contributed by atoms with Gasteiger partial charge in [0.1, 0.15) is 24.0 Å². The Kier molecular flexibility index (Phi) is 11.1. The van der Waals surface area contributed by atoms with Crippen molar-refractivity contribution in [1.29, 1.82) is 5.26 Å². The Labute approximate surface area is 263 Å². The quantitative estimate of drug-likeness (QED) is 0.108. The number of imide groups is 1. The summed E-state index contributed by atoms with van der Waals surface area (Å²) in [5, 5.41) is 14.7. The second-order valence-corrected chi connectivity index (χ2v) is 11.1. The summed E-state index contributed by atoms with van der Waals surface area (Å²) in [6, 6.07) is 17.4. The van der Waals surface area contributed by atoms with Gasteiger partial charge in [-0.25, -0.2) is 4.68 Å². The van der Waals surface area contributed by atoms with Gasteiger partial charge < -0.3 is 14.2 Å². The van der Waals surface area contributed by atoms with Crippen molar-refractivity contribution >= 4 is 23.9 Å². The molecule has 0 fully saturated rings. The fourth-order valence-corrected chi connectivity index (χ4v) is 4.78. The zero-order valence-corrected chi connectivity index (χ0v) is 26.3. The molecule has 1 aromatic heterocycles. The van der Waals surface area contributed by atoms with Gasteiger partial charge in [-0.15, -0.1) is 0 Å². The lowest BCUT2D eigenvalue weighted by molar-refractivity contribution is -0.142. The summed E-state index contributed by atoms with van der Waals surface area (Å²) in [4.78, 5) is 38.8. The van der Waals surface area contributed by atoms with Gasteiger partial charge in [0.15, 0.2) is 0 Å². The Morgan fingerprint density at radius 3 is 2.44 bits per heavy atom. The minimum atomic E-state index is -0.676. The molecule has 2 aromatic carbocycles. The lowest BCUT2D eigenvalue weighted by Gasteiger charge is -2.27. The van der Waals surface area contributed by atoms with E-state index in [1.54, 1.807) is 17.7 Å². The predicted molar refractivity (Wildman–Crippen MR) is 169 cm³/mol. The van der Waals surface area contributed by atoms with Crippen LogP contribution in [0.2, 0.25) is 0 Å². The maximum atomic E-state index is 13.7. The van der Waals surface area contributed by atoms with Crippen molar-refractivity contribution in [3.63, 3.8) is 0 Å². The first-order chi connectivity index (χ1) is 21.6. The smallest absolute Gasteiger partial charge is 0.302 e. The third-order valence-corrected chi connectivity index (χ3v) is 7.28. The Morgan fingerprint density at radius 1 is 1.02 bits per heavy atom. The molecule has 0 spiro atoms. The number of para-hydroxylation sites is 1. The predicted octanol–water partition coefficient (Wildman–Crippen LogP) is 5.44. The molecule has 0 saturated carbocycles. The summed E-state index contributed by atoms with van der Waals surface area (Å²) in [5.74, 6) is -0.307. The first-order valence-electron chi connectivity index (χ1n) is 14.9. The third kappa shape index (κ3) is 8.13. The monoisotopic (exact) mass is 610 g/mol. The number of esters is 1. The first kappa shape index (κ1) is 32.9. The molecule has 2 heterocycles. The Bertz CT molecular complexity index is 1660. The minimum Gasteiger partial charge on any atom is -0.493 e. The summed E-state index contributed by atoms with van der Waals surface area (Å²) >= 11 is 0. The van der Waals surface area contributed by atoms with E-state index in [4.69, 9.17) is 19.3 Å². The summed E-state index contributed by atoms with van der Waals surface area (Å²) in [5.41, 5.74) is 4.26. The number of ether oxygens (including phenoxy) is 3. The number of hydrogen-bond donors (Lipinski definition) is 0. The second kappa shape index (κ2) is 15.1. The number of nitrogens with zero attached hydrogens (tertiary/aromatic N) is 4. The van der Waals surface area contributed by atoms with Crippen molar-refractivity contribution in [2.75, 3.05) is 33.0 Å². The number of aryl methyl sites for hydroxylation is 1. The standard InChI is InChI=1S/C35H38N4O6/c1-23(2)13-15-45-32-12-11-27(19-24(32)3)33-28(22-39(37-33)29-9-7-6-8-10-29)20-30-25(4)31(21-36)35(42)38(34(30)41)14-16-43-17-18-44-26(5)40/h6-12,19-20,22-23H,13-18H2,1-5H3/b30-20+. The molecule has 10 nitrogen and oxygen atoms in total. The fraction of sp³-hybridized carbons (Fsp3) is 0.343. The molecule has 45 heavy (non-hydrogen) atoms. The van der Waals surface area contributed by atoms with Crippen LogP contribution in [-0.2, 0) is 23.9 Å². The molecule has 0 aliphatic carbocycles. The molecule has 0 bridgehead atoms. The van der Waals surface area contributed by atoms with Gasteiger partial charge in [0, 0.05) is 29.8 Å². The van der Waals surface area contributed by atoms with Crippen LogP contribution in [0.25, 0.3) is 23.0 Å². The average molecular weight is 611 g/mol. The number of nitriles is 1. The van der Waals surface area contributed by atoms with E-state index < -0.39 is 17.8 Å². The van der Waals surface area contributed by atoms with E-state index in [1.165, 1.54) is 6.92 Å². The van der Waals surface area contributed by atoms with Crippen LogP contribution in [0.15, 0.2) is 71.4 Å². The number of amides is 2. The first-order valence-corrected chi connectivity index (χ1v) is 14.9. The van der Waals surface area contributed by atoms with E-state index in [-0.39, 0.29) is 37.5 Å². The third-order valence-electron chi connectivity index (χ3n) is 7.28. The average Bonchev–Trinajstić information content (AvgIpc) is 3.43. The lowest BCUT2D eigenvalue weighted by Crippen LogP contribution is -2.44. The van der Waals surface area contributed by atoms with Gasteiger partial charge in [0.25, 0.3) is 11.8 Å². The molecule has 0 radical (unpaired) electrons. The van der Waals surface area contributed by atoms with Crippen LogP contribution < -0.4 is 4.74 Å². The van der Waals surface area contributed by atoms with E-state index in [1.807, 2.05) is 67.7 Å². The van der Waals surface area contributed by atoms with Crippen molar-refractivity contribution in [2.24, 2.45) is 5.92 Å². The van der Waals surface area contributed by atoms with Crippen LogP contribution in [0.3, 0.4) is 0 Å². The maximum absolute atomic E-state index is 13.7. The zero-order valence-electron chi connectivity index (χ0n) is 26.3. The molecular weight excluding hydrogens is 572 g/mol. The van der Waals surface area contributed by atoms with Gasteiger partial charge in [0.05, 0.1) is 37.7 Å². The summed E-state index contributed by atoms with van der Waals surface area (Å²) in [6.45, 7) is 9.94. The Morgan fingerprint density at radius 2 is 1.78 bits per heavy atom. The summed E-state index contributed by atoms with van der Waals surface area (Å²) in [6.07, 6.45) is 4.46. The number of benzene rings is 2. The minimum absolute atomic E-state index is 0.0197. The SMILES string of the molecule is CC(=O)OCCOCCN1C(=O)C(C#N)=C(C)/C(=C\c2cn(-c3ccccc3)nc2-c2ccc(OCCC(C)C)c(C)c2)C1=O. The van der Waals surface area contributed by atoms with Crippen LogP contribution >= 0.6 is 0 Å². The topological polar surface area (TPSA) is 124 Å². The number of hydrogen-bond acceptors (Lipinski definition) is 8. The van der Waals surface area contributed by atoms with E-state index >= 15 is 0 Å². The van der Waals surface area contributed by atoms with Crippen molar-refractivity contribution in [3.05, 3.63) is 82.6 Å². The van der Waals surface area contributed by atoms with E-state index in [0.717, 1.165) is 33.9 Å². The molecule has 1 aliphatic rings. The summed E-state index contributed by atoms with van der Waals surface area (Å²) in [7, 11) is 0. The highest BCUT2D eigenvalue weighted by Crippen LogP contribution is 2.33. The lowest BCUT2D eigenvalue weighted by atomic mass is 9.93. The van der Waals surface area contributed by atoms with Crippen molar-refractivity contribution in [2.45, 2.75) is 41.0 Å². The second-order valence-electron chi connectivity index (χ2n) is 11.1. The van der Waals surface area contributed by atoms with Gasteiger partial charge >= 0.3 is 5.97 Å². The van der Waals surface area contributed by atoms with Crippen LogP contribution in [0.5, 0.6) is 5.75 Å². The number of rotatable bonds is 13. The van der Waals surface area contributed by atoms with Gasteiger partial charge in [0.2, 0.25) is 0 Å². The van der Waals surface area contributed by atoms with E-state index in [2.05, 4.69) is 13.8 Å². The normalized spacial score (nSPS) is 14.3. The van der Waals surface area contributed by atoms with Crippen molar-refractivity contribution in [1.82, 2.24) is 14.7 Å². The molecular formula is C35H38N4O6. The molecule has 0 atom stereocenters. The number of carbonyl (C=O) groups excluding carboxylic acids is 3. The molecule has 234 valence electrons. The van der Waals surface area contributed by atoms with Crippen LogP contribution in [0.1, 0.15) is 45.2 Å².